The van der Waals surface area contributed by atoms with Crippen LogP contribution in [0.5, 0.6) is 0 Å². The molecule has 1 amide bonds. The van der Waals surface area contributed by atoms with E-state index in [0.717, 1.165) is 18.6 Å². The van der Waals surface area contributed by atoms with Crippen molar-refractivity contribution in [3.63, 3.8) is 0 Å². The Bertz CT molecular complexity index is 524. The van der Waals surface area contributed by atoms with Gasteiger partial charge in [-0.15, -0.1) is 0 Å². The Hall–Kier alpha value is -2.24. The van der Waals surface area contributed by atoms with Gasteiger partial charge in [0.15, 0.2) is 0 Å². The normalized spacial score (nSPS) is 11.2. The van der Waals surface area contributed by atoms with Crippen LogP contribution in [0, 0.1) is 17.0 Å². The van der Waals surface area contributed by atoms with Crippen molar-refractivity contribution in [3.8, 4) is 0 Å². The van der Waals surface area contributed by atoms with E-state index in [1.165, 1.54) is 6.07 Å². The molecule has 19 heavy (non-hydrogen) atoms. The SMILES string of the molecule is CCC/C(C)=N\NC(=O)c1ccc(C)c([N+](=O)[O-])c1. The highest BCUT2D eigenvalue weighted by Gasteiger charge is 2.14. The van der Waals surface area contributed by atoms with Crippen molar-refractivity contribution in [1.82, 2.24) is 5.43 Å². The molecular weight excluding hydrogens is 246 g/mol. The van der Waals surface area contributed by atoms with Crippen LogP contribution in [-0.2, 0) is 0 Å². The van der Waals surface area contributed by atoms with Gasteiger partial charge in [-0.1, -0.05) is 19.4 Å². The molecule has 0 fully saturated rings. The van der Waals surface area contributed by atoms with Gasteiger partial charge in [0, 0.05) is 22.9 Å². The average molecular weight is 263 g/mol. The fourth-order valence-electron chi connectivity index (χ4n) is 1.58. The summed E-state index contributed by atoms with van der Waals surface area (Å²) in [5.41, 5.74) is 3.89. The van der Waals surface area contributed by atoms with Crippen LogP contribution < -0.4 is 5.43 Å². The Morgan fingerprint density at radius 2 is 2.16 bits per heavy atom. The number of amides is 1. The van der Waals surface area contributed by atoms with Gasteiger partial charge in [0.25, 0.3) is 11.6 Å². The van der Waals surface area contributed by atoms with Gasteiger partial charge in [-0.05, 0) is 26.3 Å². The maximum Gasteiger partial charge on any atom is 0.273 e. The highest BCUT2D eigenvalue weighted by Crippen LogP contribution is 2.19. The topological polar surface area (TPSA) is 84.6 Å². The summed E-state index contributed by atoms with van der Waals surface area (Å²) in [5.74, 6) is -0.446. The Morgan fingerprint density at radius 1 is 1.47 bits per heavy atom. The van der Waals surface area contributed by atoms with Gasteiger partial charge in [-0.3, -0.25) is 14.9 Å². The van der Waals surface area contributed by atoms with Crippen LogP contribution in [-0.4, -0.2) is 16.5 Å². The molecule has 0 saturated carbocycles. The van der Waals surface area contributed by atoms with Crippen LogP contribution in [0.3, 0.4) is 0 Å². The third-order valence-corrected chi connectivity index (χ3v) is 2.63. The molecular formula is C13H17N3O3. The summed E-state index contributed by atoms with van der Waals surface area (Å²) in [4.78, 5) is 22.1. The highest BCUT2D eigenvalue weighted by molar-refractivity contribution is 5.95. The molecule has 0 aliphatic carbocycles. The van der Waals surface area contributed by atoms with Crippen molar-refractivity contribution >= 4 is 17.3 Å². The largest absolute Gasteiger partial charge is 0.273 e. The first-order valence-corrected chi connectivity index (χ1v) is 6.04. The summed E-state index contributed by atoms with van der Waals surface area (Å²) in [6.07, 6.45) is 1.75. The third kappa shape index (κ3) is 4.17. The molecule has 1 N–H and O–H groups in total. The first-order valence-electron chi connectivity index (χ1n) is 6.04. The number of carbonyl (C=O) groups excluding carboxylic acids is 1. The van der Waals surface area contributed by atoms with E-state index in [2.05, 4.69) is 10.5 Å². The maximum absolute atomic E-state index is 11.8. The molecule has 1 rings (SSSR count). The number of benzene rings is 1. The first kappa shape index (κ1) is 14.8. The summed E-state index contributed by atoms with van der Waals surface area (Å²) < 4.78 is 0. The second kappa shape index (κ2) is 6.63. The molecule has 0 atom stereocenters. The van der Waals surface area contributed by atoms with Crippen LogP contribution in [0.2, 0.25) is 0 Å². The van der Waals surface area contributed by atoms with Gasteiger partial charge < -0.3 is 0 Å². The molecule has 1 aromatic rings. The van der Waals surface area contributed by atoms with Crippen molar-refractivity contribution in [2.24, 2.45) is 5.10 Å². The van der Waals surface area contributed by atoms with Gasteiger partial charge in [0.05, 0.1) is 4.92 Å². The number of carbonyl (C=O) groups is 1. The van der Waals surface area contributed by atoms with E-state index in [4.69, 9.17) is 0 Å². The number of hydrazone groups is 1. The van der Waals surface area contributed by atoms with Crippen LogP contribution in [0.25, 0.3) is 0 Å². The van der Waals surface area contributed by atoms with Crippen molar-refractivity contribution in [2.75, 3.05) is 0 Å². The Morgan fingerprint density at radius 3 is 2.74 bits per heavy atom. The second-order valence-electron chi connectivity index (χ2n) is 4.30. The molecule has 0 radical (unpaired) electrons. The maximum atomic E-state index is 11.8. The van der Waals surface area contributed by atoms with Crippen LogP contribution in [0.1, 0.15) is 42.6 Å². The summed E-state index contributed by atoms with van der Waals surface area (Å²) in [5, 5.41) is 14.7. The van der Waals surface area contributed by atoms with Crippen molar-refractivity contribution < 1.29 is 9.72 Å². The number of nitro benzene ring substituents is 1. The second-order valence-corrected chi connectivity index (χ2v) is 4.30. The van der Waals surface area contributed by atoms with Crippen molar-refractivity contribution in [2.45, 2.75) is 33.6 Å². The molecule has 0 saturated heterocycles. The summed E-state index contributed by atoms with van der Waals surface area (Å²) in [7, 11) is 0. The van der Waals surface area contributed by atoms with E-state index in [9.17, 15) is 14.9 Å². The van der Waals surface area contributed by atoms with E-state index in [1.807, 2.05) is 13.8 Å². The fourth-order valence-corrected chi connectivity index (χ4v) is 1.58. The standard InChI is InChI=1S/C13H17N3O3/c1-4-5-10(3)14-15-13(17)11-7-6-9(2)12(8-11)16(18)19/h6-8H,4-5H2,1-3H3,(H,15,17)/b14-10-. The number of hydrogen-bond donors (Lipinski definition) is 1. The molecule has 1 aromatic carbocycles. The quantitative estimate of drug-likeness (QED) is 0.503. The minimum Gasteiger partial charge on any atom is -0.267 e. The van der Waals surface area contributed by atoms with Crippen LogP contribution >= 0.6 is 0 Å². The summed E-state index contributed by atoms with van der Waals surface area (Å²) in [6, 6.07) is 4.35. The minimum atomic E-state index is -0.502. The summed E-state index contributed by atoms with van der Waals surface area (Å²) >= 11 is 0. The molecule has 0 aromatic heterocycles. The third-order valence-electron chi connectivity index (χ3n) is 2.63. The Kier molecular flexibility index (Phi) is 5.17. The zero-order valence-corrected chi connectivity index (χ0v) is 11.3. The van der Waals surface area contributed by atoms with Gasteiger partial charge >= 0.3 is 0 Å². The molecule has 0 heterocycles. The Balaban J connectivity index is 2.86. The van der Waals surface area contributed by atoms with E-state index < -0.39 is 10.8 Å². The van der Waals surface area contributed by atoms with Crippen molar-refractivity contribution in [3.05, 3.63) is 39.4 Å². The van der Waals surface area contributed by atoms with E-state index in [0.29, 0.717) is 5.56 Å². The molecule has 0 spiro atoms. The van der Waals surface area contributed by atoms with Gasteiger partial charge in [0.2, 0.25) is 0 Å². The lowest BCUT2D eigenvalue weighted by molar-refractivity contribution is -0.385. The highest BCUT2D eigenvalue weighted by atomic mass is 16.6. The van der Waals surface area contributed by atoms with Gasteiger partial charge in [-0.25, -0.2) is 5.43 Å². The van der Waals surface area contributed by atoms with Crippen molar-refractivity contribution in [1.29, 1.82) is 0 Å². The monoisotopic (exact) mass is 263 g/mol. The lowest BCUT2D eigenvalue weighted by Crippen LogP contribution is -2.19. The Labute approximate surface area is 111 Å². The number of hydrogen-bond acceptors (Lipinski definition) is 4. The predicted octanol–water partition coefficient (Wildman–Crippen LogP) is 2.81. The number of nitro groups is 1. The molecule has 6 heteroatoms. The number of nitrogens with one attached hydrogen (secondary N) is 1. The lowest BCUT2D eigenvalue weighted by atomic mass is 10.1. The zero-order valence-electron chi connectivity index (χ0n) is 11.3. The predicted molar refractivity (Wildman–Crippen MR) is 73.3 cm³/mol. The van der Waals surface area contributed by atoms with E-state index >= 15 is 0 Å². The molecule has 0 aliphatic rings. The number of nitrogens with zero attached hydrogens (tertiary/aromatic N) is 2. The zero-order chi connectivity index (χ0) is 14.4. The molecule has 0 unspecified atom stereocenters. The van der Waals surface area contributed by atoms with Gasteiger partial charge in [0.1, 0.15) is 0 Å². The van der Waals surface area contributed by atoms with Crippen LogP contribution in [0.15, 0.2) is 23.3 Å². The summed E-state index contributed by atoms with van der Waals surface area (Å²) in [6.45, 7) is 5.47. The molecule has 102 valence electrons. The molecule has 6 nitrogen and oxygen atoms in total. The minimum absolute atomic E-state index is 0.0677. The molecule has 0 aliphatic heterocycles. The number of aryl methyl sites for hydroxylation is 1. The van der Waals surface area contributed by atoms with E-state index in [1.54, 1.807) is 19.1 Å². The lowest BCUT2D eigenvalue weighted by Gasteiger charge is -2.03. The first-order chi connectivity index (χ1) is 8.95. The van der Waals surface area contributed by atoms with Gasteiger partial charge in [-0.2, -0.15) is 5.10 Å². The molecule has 0 bridgehead atoms. The average Bonchev–Trinajstić information content (AvgIpc) is 2.36. The van der Waals surface area contributed by atoms with Crippen LogP contribution in [0.4, 0.5) is 5.69 Å². The number of rotatable bonds is 5. The smallest absolute Gasteiger partial charge is 0.267 e. The fraction of sp³-hybridized carbons (Fsp3) is 0.385. The van der Waals surface area contributed by atoms with E-state index in [-0.39, 0.29) is 11.3 Å².